The lowest BCUT2D eigenvalue weighted by molar-refractivity contribution is -0.144. The molecule has 1 saturated carbocycles. The molecule has 0 aromatic rings. The van der Waals surface area contributed by atoms with Crippen LogP contribution in [0.2, 0.25) is 0 Å². The van der Waals surface area contributed by atoms with Gasteiger partial charge in [-0.2, -0.15) is 0 Å². The SMILES string of the molecule is O=CC1CC(=O)CC1C(=O)O. The van der Waals surface area contributed by atoms with Crippen molar-refractivity contribution in [2.24, 2.45) is 11.8 Å². The molecule has 0 spiro atoms. The molecule has 0 amide bonds. The van der Waals surface area contributed by atoms with Crippen LogP contribution < -0.4 is 0 Å². The average molecular weight is 156 g/mol. The average Bonchev–Trinajstić information content (AvgIpc) is 2.30. The molecule has 1 aliphatic carbocycles. The van der Waals surface area contributed by atoms with Gasteiger partial charge in [0.15, 0.2) is 0 Å². The summed E-state index contributed by atoms with van der Waals surface area (Å²) in [4.78, 5) is 31.4. The number of ketones is 1. The third-order valence-corrected chi connectivity index (χ3v) is 1.92. The topological polar surface area (TPSA) is 71.4 Å². The molecule has 60 valence electrons. The molecular formula is C7H8O4. The van der Waals surface area contributed by atoms with Gasteiger partial charge in [0.25, 0.3) is 0 Å². The Morgan fingerprint density at radius 2 is 2.18 bits per heavy atom. The van der Waals surface area contributed by atoms with E-state index < -0.39 is 17.8 Å². The predicted octanol–water partition coefficient (Wildman–Crippen LogP) is -0.135. The lowest BCUT2D eigenvalue weighted by atomic mass is 9.98. The lowest BCUT2D eigenvalue weighted by Gasteiger charge is -2.05. The molecule has 2 atom stereocenters. The number of hydrogen-bond donors (Lipinski definition) is 1. The van der Waals surface area contributed by atoms with Gasteiger partial charge in [-0.15, -0.1) is 0 Å². The van der Waals surface area contributed by atoms with E-state index in [4.69, 9.17) is 5.11 Å². The maximum absolute atomic E-state index is 10.7. The maximum Gasteiger partial charge on any atom is 0.307 e. The Kier molecular flexibility index (Phi) is 2.03. The van der Waals surface area contributed by atoms with Gasteiger partial charge in [-0.3, -0.25) is 9.59 Å². The van der Waals surface area contributed by atoms with E-state index >= 15 is 0 Å². The Hall–Kier alpha value is -1.19. The summed E-state index contributed by atoms with van der Waals surface area (Å²) >= 11 is 0. The van der Waals surface area contributed by atoms with Gasteiger partial charge in [0.1, 0.15) is 12.1 Å². The van der Waals surface area contributed by atoms with Crippen molar-refractivity contribution >= 4 is 18.0 Å². The molecule has 1 rings (SSSR count). The van der Waals surface area contributed by atoms with Crippen molar-refractivity contribution in [2.45, 2.75) is 12.8 Å². The number of rotatable bonds is 2. The minimum absolute atomic E-state index is 0.0126. The number of carbonyl (C=O) groups excluding carboxylic acids is 2. The van der Waals surface area contributed by atoms with Crippen LogP contribution in [-0.2, 0) is 14.4 Å². The van der Waals surface area contributed by atoms with E-state index in [0.29, 0.717) is 6.29 Å². The molecule has 0 saturated heterocycles. The molecule has 1 aliphatic rings. The van der Waals surface area contributed by atoms with Crippen LogP contribution in [-0.4, -0.2) is 23.1 Å². The number of carboxylic acid groups (broad SMARTS) is 1. The zero-order valence-electron chi connectivity index (χ0n) is 5.82. The first-order chi connectivity index (χ1) is 5.15. The zero-order valence-corrected chi connectivity index (χ0v) is 5.82. The normalized spacial score (nSPS) is 30.4. The highest BCUT2D eigenvalue weighted by Gasteiger charge is 2.37. The molecule has 11 heavy (non-hydrogen) atoms. The molecule has 0 radical (unpaired) electrons. The van der Waals surface area contributed by atoms with Crippen LogP contribution in [0.3, 0.4) is 0 Å². The van der Waals surface area contributed by atoms with Gasteiger partial charge in [0.05, 0.1) is 5.92 Å². The van der Waals surface area contributed by atoms with Crippen LogP contribution in [0, 0.1) is 11.8 Å². The molecule has 1 N–H and O–H groups in total. The van der Waals surface area contributed by atoms with Crippen LogP contribution in [0.1, 0.15) is 12.8 Å². The first kappa shape index (κ1) is 7.91. The minimum atomic E-state index is -1.05. The maximum atomic E-state index is 10.7. The largest absolute Gasteiger partial charge is 0.481 e. The first-order valence-corrected chi connectivity index (χ1v) is 3.35. The molecule has 2 unspecified atom stereocenters. The summed E-state index contributed by atoms with van der Waals surface area (Å²) in [5.41, 5.74) is 0. The predicted molar refractivity (Wildman–Crippen MR) is 34.9 cm³/mol. The van der Waals surface area contributed by atoms with Gasteiger partial charge in [-0.25, -0.2) is 0 Å². The highest BCUT2D eigenvalue weighted by molar-refractivity contribution is 5.91. The summed E-state index contributed by atoms with van der Waals surface area (Å²) < 4.78 is 0. The minimum Gasteiger partial charge on any atom is -0.481 e. The summed E-state index contributed by atoms with van der Waals surface area (Å²) in [6, 6.07) is 0. The molecule has 0 aromatic heterocycles. The van der Waals surface area contributed by atoms with Crippen molar-refractivity contribution in [3.05, 3.63) is 0 Å². The zero-order chi connectivity index (χ0) is 8.43. The van der Waals surface area contributed by atoms with E-state index in [1.54, 1.807) is 0 Å². The Balaban J connectivity index is 2.72. The lowest BCUT2D eigenvalue weighted by Crippen LogP contribution is -2.18. The first-order valence-electron chi connectivity index (χ1n) is 3.35. The van der Waals surface area contributed by atoms with Gasteiger partial charge >= 0.3 is 5.97 Å². The van der Waals surface area contributed by atoms with Gasteiger partial charge in [0.2, 0.25) is 0 Å². The van der Waals surface area contributed by atoms with Crippen LogP contribution >= 0.6 is 0 Å². The summed E-state index contributed by atoms with van der Waals surface area (Å²) in [5, 5.41) is 8.52. The molecular weight excluding hydrogens is 148 g/mol. The van der Waals surface area contributed by atoms with Gasteiger partial charge in [-0.1, -0.05) is 0 Å². The van der Waals surface area contributed by atoms with Crippen LogP contribution in [0.4, 0.5) is 0 Å². The molecule has 0 aliphatic heterocycles. The van der Waals surface area contributed by atoms with E-state index in [9.17, 15) is 14.4 Å². The van der Waals surface area contributed by atoms with Crippen molar-refractivity contribution in [1.82, 2.24) is 0 Å². The molecule has 0 bridgehead atoms. The highest BCUT2D eigenvalue weighted by Crippen LogP contribution is 2.27. The number of aldehydes is 1. The fraction of sp³-hybridized carbons (Fsp3) is 0.571. The smallest absolute Gasteiger partial charge is 0.307 e. The second-order valence-corrected chi connectivity index (χ2v) is 2.69. The summed E-state index contributed by atoms with van der Waals surface area (Å²) in [6.45, 7) is 0. The van der Waals surface area contributed by atoms with Crippen molar-refractivity contribution in [1.29, 1.82) is 0 Å². The molecule has 4 heteroatoms. The van der Waals surface area contributed by atoms with E-state index in [2.05, 4.69) is 0 Å². The number of hydrogen-bond acceptors (Lipinski definition) is 3. The Bertz CT molecular complexity index is 208. The fourth-order valence-corrected chi connectivity index (χ4v) is 1.30. The number of Topliss-reactive ketones (excluding diaryl/α,β-unsaturated/α-hetero) is 1. The molecule has 4 nitrogen and oxygen atoms in total. The number of carboxylic acids is 1. The molecule has 1 fully saturated rings. The Morgan fingerprint density at radius 3 is 2.55 bits per heavy atom. The van der Waals surface area contributed by atoms with Gasteiger partial charge < -0.3 is 9.90 Å². The Morgan fingerprint density at radius 1 is 1.55 bits per heavy atom. The summed E-state index contributed by atoms with van der Waals surface area (Å²) in [6.07, 6.45) is 0.670. The third kappa shape index (κ3) is 1.45. The van der Waals surface area contributed by atoms with E-state index in [1.807, 2.05) is 0 Å². The van der Waals surface area contributed by atoms with Crippen molar-refractivity contribution in [2.75, 3.05) is 0 Å². The van der Waals surface area contributed by atoms with E-state index in [0.717, 1.165) is 0 Å². The monoisotopic (exact) mass is 156 g/mol. The van der Waals surface area contributed by atoms with E-state index in [-0.39, 0.29) is 18.6 Å². The quantitative estimate of drug-likeness (QED) is 0.565. The van der Waals surface area contributed by atoms with Gasteiger partial charge in [-0.05, 0) is 0 Å². The van der Waals surface area contributed by atoms with Crippen molar-refractivity contribution in [3.63, 3.8) is 0 Å². The van der Waals surface area contributed by atoms with Crippen molar-refractivity contribution in [3.8, 4) is 0 Å². The standard InChI is InChI=1S/C7H8O4/c8-3-4-1-5(9)2-6(4)7(10)11/h3-4,6H,1-2H2,(H,10,11). The highest BCUT2D eigenvalue weighted by atomic mass is 16.4. The fourth-order valence-electron chi connectivity index (χ4n) is 1.30. The molecule has 0 heterocycles. The number of carbonyl (C=O) groups is 3. The second-order valence-electron chi connectivity index (χ2n) is 2.69. The summed E-state index contributed by atoms with van der Waals surface area (Å²) in [5.74, 6) is -2.55. The Labute approximate surface area is 63.2 Å². The van der Waals surface area contributed by atoms with Crippen LogP contribution in [0.25, 0.3) is 0 Å². The van der Waals surface area contributed by atoms with E-state index in [1.165, 1.54) is 0 Å². The summed E-state index contributed by atoms with van der Waals surface area (Å²) in [7, 11) is 0. The van der Waals surface area contributed by atoms with Crippen LogP contribution in [0.5, 0.6) is 0 Å². The van der Waals surface area contributed by atoms with Crippen molar-refractivity contribution < 1.29 is 19.5 Å². The number of aliphatic carboxylic acids is 1. The van der Waals surface area contributed by atoms with Crippen LogP contribution in [0.15, 0.2) is 0 Å². The molecule has 0 aromatic carbocycles. The third-order valence-electron chi connectivity index (χ3n) is 1.92. The van der Waals surface area contributed by atoms with Gasteiger partial charge in [0, 0.05) is 18.8 Å². The second kappa shape index (κ2) is 2.82.